The number of ether oxygens (including phenoxy) is 2. The lowest BCUT2D eigenvalue weighted by Gasteiger charge is -2.25. The van der Waals surface area contributed by atoms with Crippen LogP contribution in [0.4, 0.5) is 0 Å². The number of nitrogens with two attached hydrogens (primary N) is 1. The molecule has 1 atom stereocenters. The minimum Gasteiger partial charge on any atom is -0.497 e. The van der Waals surface area contributed by atoms with Gasteiger partial charge in [0.1, 0.15) is 12.2 Å². The highest BCUT2D eigenvalue weighted by molar-refractivity contribution is 6.03. The van der Waals surface area contributed by atoms with E-state index in [0.717, 1.165) is 13.5 Å². The summed E-state index contributed by atoms with van der Waals surface area (Å²) in [5, 5.41) is 8.58. The molecule has 0 aliphatic carbocycles. The Hall–Kier alpha value is -1.56. The molecule has 0 aromatic carbocycles. The van der Waals surface area contributed by atoms with Gasteiger partial charge in [-0.1, -0.05) is 0 Å². The molecule has 1 heterocycles. The van der Waals surface area contributed by atoms with Crippen molar-refractivity contribution in [2.24, 2.45) is 5.73 Å². The first-order valence-electron chi connectivity index (χ1n) is 5.09. The summed E-state index contributed by atoms with van der Waals surface area (Å²) in [7, 11) is 0. The number of hydrogen-bond acceptors (Lipinski definition) is 5. The highest BCUT2D eigenvalue weighted by atomic mass is 16.6. The second-order valence-electron chi connectivity index (χ2n) is 4.71. The number of aliphatic carboxylic acids is 1. The maximum absolute atomic E-state index is 11.2. The topological polar surface area (TPSA) is 98.9 Å². The Morgan fingerprint density at radius 2 is 1.71 bits per heavy atom. The van der Waals surface area contributed by atoms with Gasteiger partial charge >= 0.3 is 11.9 Å². The molecule has 0 amide bonds. The molecule has 17 heavy (non-hydrogen) atoms. The highest BCUT2D eigenvalue weighted by Crippen LogP contribution is 2.12. The first-order chi connectivity index (χ1) is 7.57. The number of carbonyl (C=O) groups is 2. The van der Waals surface area contributed by atoms with E-state index in [1.807, 2.05) is 6.08 Å². The molecular formula is C11H19NO5. The predicted octanol–water partition coefficient (Wildman–Crippen LogP) is 0.660. The lowest BCUT2D eigenvalue weighted by molar-refractivity contribution is -0.168. The molecule has 1 aliphatic rings. The van der Waals surface area contributed by atoms with E-state index in [1.165, 1.54) is 0 Å². The standard InChI is InChI=1S/C8H15NO4.C3H4O/c1-7(2,3)13-6(12)8(4,9)5(10)11;1-2-4-3-1/h9H2,1-4H3,(H,10,11);1-2H,3H2. The highest BCUT2D eigenvalue weighted by Gasteiger charge is 2.40. The summed E-state index contributed by atoms with van der Waals surface area (Å²) < 4.78 is 9.36. The van der Waals surface area contributed by atoms with Crippen LogP contribution in [0.3, 0.4) is 0 Å². The minimum atomic E-state index is -1.98. The normalized spacial score (nSPS) is 16.5. The van der Waals surface area contributed by atoms with Gasteiger partial charge in [0, 0.05) is 0 Å². The van der Waals surface area contributed by atoms with E-state index in [1.54, 1.807) is 27.0 Å². The molecule has 0 saturated carbocycles. The number of carbonyl (C=O) groups excluding carboxylic acids is 1. The fourth-order valence-corrected chi connectivity index (χ4v) is 0.568. The molecule has 0 saturated heterocycles. The van der Waals surface area contributed by atoms with E-state index >= 15 is 0 Å². The van der Waals surface area contributed by atoms with Crippen LogP contribution in [0.15, 0.2) is 12.3 Å². The van der Waals surface area contributed by atoms with Crippen LogP contribution in [-0.4, -0.2) is 34.8 Å². The first-order valence-corrected chi connectivity index (χ1v) is 5.09. The zero-order valence-corrected chi connectivity index (χ0v) is 10.5. The van der Waals surface area contributed by atoms with Crippen LogP contribution < -0.4 is 5.73 Å². The molecule has 0 aromatic heterocycles. The van der Waals surface area contributed by atoms with Crippen LogP contribution >= 0.6 is 0 Å². The molecule has 1 aliphatic heterocycles. The predicted molar refractivity (Wildman–Crippen MR) is 61.2 cm³/mol. The van der Waals surface area contributed by atoms with E-state index in [4.69, 9.17) is 15.6 Å². The molecule has 98 valence electrons. The Labute approximate surface area is 100 Å². The molecular weight excluding hydrogens is 226 g/mol. The zero-order valence-electron chi connectivity index (χ0n) is 10.5. The van der Waals surface area contributed by atoms with E-state index in [0.29, 0.717) is 0 Å². The molecule has 0 fully saturated rings. The van der Waals surface area contributed by atoms with Crippen LogP contribution in [-0.2, 0) is 19.1 Å². The average Bonchev–Trinajstić information content (AvgIpc) is 1.96. The first kappa shape index (κ1) is 15.4. The summed E-state index contributed by atoms with van der Waals surface area (Å²) in [4.78, 5) is 21.7. The monoisotopic (exact) mass is 245 g/mol. The van der Waals surface area contributed by atoms with Crippen LogP contribution in [0.25, 0.3) is 0 Å². The molecule has 0 radical (unpaired) electrons. The van der Waals surface area contributed by atoms with Crippen LogP contribution in [0.1, 0.15) is 27.7 Å². The van der Waals surface area contributed by atoms with Crippen molar-refractivity contribution >= 4 is 11.9 Å². The molecule has 1 unspecified atom stereocenters. The van der Waals surface area contributed by atoms with Gasteiger partial charge < -0.3 is 20.3 Å². The van der Waals surface area contributed by atoms with E-state index in [2.05, 4.69) is 4.74 Å². The molecule has 0 spiro atoms. The van der Waals surface area contributed by atoms with E-state index in [-0.39, 0.29) is 0 Å². The largest absolute Gasteiger partial charge is 0.497 e. The van der Waals surface area contributed by atoms with Gasteiger partial charge in [0.25, 0.3) is 0 Å². The fourth-order valence-electron chi connectivity index (χ4n) is 0.568. The second kappa shape index (κ2) is 5.67. The summed E-state index contributed by atoms with van der Waals surface area (Å²) in [6.45, 7) is 6.85. The smallest absolute Gasteiger partial charge is 0.338 e. The molecule has 3 N–H and O–H groups in total. The van der Waals surface area contributed by atoms with Gasteiger partial charge in [-0.15, -0.1) is 0 Å². The lowest BCUT2D eigenvalue weighted by atomic mass is 10.0. The third-order valence-corrected chi connectivity index (χ3v) is 1.65. The van der Waals surface area contributed by atoms with Crippen molar-refractivity contribution in [2.75, 3.05) is 6.61 Å². The maximum Gasteiger partial charge on any atom is 0.338 e. The van der Waals surface area contributed by atoms with Gasteiger partial charge in [-0.05, 0) is 33.8 Å². The fraction of sp³-hybridized carbons (Fsp3) is 0.636. The van der Waals surface area contributed by atoms with Crippen LogP contribution in [0.2, 0.25) is 0 Å². The van der Waals surface area contributed by atoms with Gasteiger partial charge in [0.05, 0.1) is 6.26 Å². The summed E-state index contributed by atoms with van der Waals surface area (Å²) in [6, 6.07) is 0. The van der Waals surface area contributed by atoms with Crippen molar-refractivity contribution in [3.05, 3.63) is 12.3 Å². The zero-order chi connectivity index (χ0) is 13.7. The summed E-state index contributed by atoms with van der Waals surface area (Å²) in [5.41, 5.74) is 2.53. The van der Waals surface area contributed by atoms with Gasteiger partial charge in [0.15, 0.2) is 0 Å². The Morgan fingerprint density at radius 1 is 1.35 bits per heavy atom. The lowest BCUT2D eigenvalue weighted by Crippen LogP contribution is -2.54. The summed E-state index contributed by atoms with van der Waals surface area (Å²) in [5.74, 6) is -2.34. The Kier molecular flexibility index (Phi) is 5.15. The SMILES string of the molecule is C1=COC1.CC(C)(C)OC(=O)C(C)(N)C(=O)O. The third kappa shape index (κ3) is 5.91. The van der Waals surface area contributed by atoms with Gasteiger partial charge in [-0.3, -0.25) is 0 Å². The number of carboxylic acids is 1. The molecule has 1 rings (SSSR count). The third-order valence-electron chi connectivity index (χ3n) is 1.65. The van der Waals surface area contributed by atoms with Gasteiger partial charge in [-0.2, -0.15) is 0 Å². The molecule has 6 nitrogen and oxygen atoms in total. The maximum atomic E-state index is 11.2. The molecule has 0 aromatic rings. The van der Waals surface area contributed by atoms with E-state index in [9.17, 15) is 9.59 Å². The Bertz CT molecular complexity index is 308. The summed E-state index contributed by atoms with van der Waals surface area (Å²) in [6.07, 6.45) is 3.64. The van der Waals surface area contributed by atoms with E-state index < -0.39 is 23.1 Å². The number of hydrogen-bond donors (Lipinski definition) is 2. The van der Waals surface area contributed by atoms with Crippen molar-refractivity contribution in [1.82, 2.24) is 0 Å². The van der Waals surface area contributed by atoms with Crippen molar-refractivity contribution in [3.63, 3.8) is 0 Å². The van der Waals surface area contributed by atoms with Gasteiger partial charge in [0.2, 0.25) is 5.54 Å². The van der Waals surface area contributed by atoms with Crippen molar-refractivity contribution in [3.8, 4) is 0 Å². The number of esters is 1. The second-order valence-corrected chi connectivity index (χ2v) is 4.71. The summed E-state index contributed by atoms with van der Waals surface area (Å²) >= 11 is 0. The Morgan fingerprint density at radius 3 is 1.88 bits per heavy atom. The van der Waals surface area contributed by atoms with Crippen molar-refractivity contribution < 1.29 is 24.2 Å². The number of carboxylic acid groups (broad SMARTS) is 1. The Balaban J connectivity index is 0.000000529. The van der Waals surface area contributed by atoms with Crippen molar-refractivity contribution in [2.45, 2.75) is 38.8 Å². The quantitative estimate of drug-likeness (QED) is 0.547. The molecule has 6 heteroatoms. The van der Waals surface area contributed by atoms with Gasteiger partial charge in [-0.25, -0.2) is 9.59 Å². The van der Waals surface area contributed by atoms with Crippen molar-refractivity contribution in [1.29, 1.82) is 0 Å². The number of rotatable bonds is 2. The minimum absolute atomic E-state index is 0.729. The van der Waals surface area contributed by atoms with Crippen LogP contribution in [0.5, 0.6) is 0 Å². The molecule has 0 bridgehead atoms. The van der Waals surface area contributed by atoms with Crippen LogP contribution in [0, 0.1) is 0 Å². The average molecular weight is 245 g/mol.